The number of ether oxygens (including phenoxy) is 3. The van der Waals surface area contributed by atoms with E-state index in [4.69, 9.17) is 19.9 Å². The zero-order valence-corrected chi connectivity index (χ0v) is 9.31. The lowest BCUT2D eigenvalue weighted by molar-refractivity contribution is 0.0661. The molecular weight excluding hydrogens is 208 g/mol. The molecule has 1 unspecified atom stereocenters. The predicted octanol–water partition coefficient (Wildman–Crippen LogP) is 1.23. The quantitative estimate of drug-likeness (QED) is 0.833. The highest BCUT2D eigenvalue weighted by Crippen LogP contribution is 2.22. The molecule has 2 heterocycles. The summed E-state index contributed by atoms with van der Waals surface area (Å²) in [6.45, 7) is 1.35. The Hall–Kier alpha value is -1.49. The smallest absolute Gasteiger partial charge is 0.240 e. The lowest BCUT2D eigenvalue weighted by Crippen LogP contribution is -2.16. The highest BCUT2D eigenvalue weighted by molar-refractivity contribution is 5.49. The highest BCUT2D eigenvalue weighted by atomic mass is 16.5. The Kier molecular flexibility index (Phi) is 3.46. The van der Waals surface area contributed by atoms with Crippen LogP contribution >= 0.6 is 0 Å². The van der Waals surface area contributed by atoms with E-state index in [1.54, 1.807) is 12.1 Å². The van der Waals surface area contributed by atoms with Gasteiger partial charge in [0.05, 0.1) is 18.9 Å². The Bertz CT molecular complexity index is 351. The van der Waals surface area contributed by atoms with Crippen LogP contribution in [0.1, 0.15) is 12.8 Å². The molecular formula is C11H16N2O3. The van der Waals surface area contributed by atoms with E-state index >= 15 is 0 Å². The summed E-state index contributed by atoms with van der Waals surface area (Å²) >= 11 is 0. The van der Waals surface area contributed by atoms with Crippen molar-refractivity contribution in [1.29, 1.82) is 0 Å². The SMILES string of the molecule is COc1nc(OCC2CCCO2)ccc1N. The molecule has 0 amide bonds. The number of pyridine rings is 1. The van der Waals surface area contributed by atoms with Crippen molar-refractivity contribution in [3.8, 4) is 11.8 Å². The summed E-state index contributed by atoms with van der Waals surface area (Å²) in [6.07, 6.45) is 2.34. The van der Waals surface area contributed by atoms with Crippen LogP contribution in [0.2, 0.25) is 0 Å². The predicted molar refractivity (Wildman–Crippen MR) is 59.7 cm³/mol. The number of hydrogen-bond donors (Lipinski definition) is 1. The average Bonchev–Trinajstić information content (AvgIpc) is 2.81. The van der Waals surface area contributed by atoms with Gasteiger partial charge in [0.2, 0.25) is 11.8 Å². The molecule has 88 valence electrons. The number of anilines is 1. The average molecular weight is 224 g/mol. The number of aromatic nitrogens is 1. The molecule has 2 N–H and O–H groups in total. The van der Waals surface area contributed by atoms with E-state index in [-0.39, 0.29) is 6.10 Å². The second kappa shape index (κ2) is 5.03. The molecule has 1 aromatic rings. The third-order valence-corrected chi connectivity index (χ3v) is 2.50. The van der Waals surface area contributed by atoms with E-state index in [2.05, 4.69) is 4.98 Å². The Morgan fingerprint density at radius 2 is 2.44 bits per heavy atom. The number of nitrogen functional groups attached to an aromatic ring is 1. The molecule has 1 fully saturated rings. The standard InChI is InChI=1S/C11H16N2O3/c1-14-11-9(12)4-5-10(13-11)16-7-8-3-2-6-15-8/h4-5,8H,2-3,6-7,12H2,1H3. The summed E-state index contributed by atoms with van der Waals surface area (Å²) < 4.78 is 16.0. The first kappa shape index (κ1) is 11.0. The van der Waals surface area contributed by atoms with Crippen molar-refractivity contribution in [2.45, 2.75) is 18.9 Å². The maximum absolute atomic E-state index is 5.65. The van der Waals surface area contributed by atoms with Crippen LogP contribution in [0.25, 0.3) is 0 Å². The molecule has 1 aliphatic rings. The number of nitrogens with two attached hydrogens (primary N) is 1. The van der Waals surface area contributed by atoms with E-state index in [9.17, 15) is 0 Å². The maximum Gasteiger partial charge on any atom is 0.240 e. The summed E-state index contributed by atoms with van der Waals surface area (Å²) in [6, 6.07) is 3.45. The molecule has 16 heavy (non-hydrogen) atoms. The second-order valence-electron chi connectivity index (χ2n) is 3.69. The van der Waals surface area contributed by atoms with E-state index in [0.29, 0.717) is 24.1 Å². The molecule has 5 nitrogen and oxygen atoms in total. The van der Waals surface area contributed by atoms with Crippen molar-refractivity contribution in [1.82, 2.24) is 4.98 Å². The first-order valence-corrected chi connectivity index (χ1v) is 5.34. The number of rotatable bonds is 4. The normalized spacial score (nSPS) is 19.7. The zero-order valence-electron chi connectivity index (χ0n) is 9.31. The van der Waals surface area contributed by atoms with Gasteiger partial charge in [-0.1, -0.05) is 0 Å². The van der Waals surface area contributed by atoms with Crippen LogP contribution in [0.15, 0.2) is 12.1 Å². The van der Waals surface area contributed by atoms with Crippen molar-refractivity contribution < 1.29 is 14.2 Å². The fraction of sp³-hybridized carbons (Fsp3) is 0.545. The number of methoxy groups -OCH3 is 1. The largest absolute Gasteiger partial charge is 0.479 e. The van der Waals surface area contributed by atoms with Crippen LogP contribution < -0.4 is 15.2 Å². The van der Waals surface area contributed by atoms with Gasteiger partial charge in [0.25, 0.3) is 0 Å². The Balaban J connectivity index is 1.93. The first-order chi connectivity index (χ1) is 7.79. The Labute approximate surface area is 94.5 Å². The van der Waals surface area contributed by atoms with Gasteiger partial charge in [-0.3, -0.25) is 0 Å². The second-order valence-corrected chi connectivity index (χ2v) is 3.69. The lowest BCUT2D eigenvalue weighted by Gasteiger charge is -2.11. The molecule has 0 spiro atoms. The van der Waals surface area contributed by atoms with Crippen molar-refractivity contribution in [2.24, 2.45) is 0 Å². The van der Waals surface area contributed by atoms with Crippen LogP contribution in [0, 0.1) is 0 Å². The summed E-state index contributed by atoms with van der Waals surface area (Å²) in [5.41, 5.74) is 6.16. The maximum atomic E-state index is 5.65. The molecule has 0 saturated carbocycles. The molecule has 0 bridgehead atoms. The molecule has 1 aliphatic heterocycles. The first-order valence-electron chi connectivity index (χ1n) is 5.34. The number of hydrogen-bond acceptors (Lipinski definition) is 5. The van der Waals surface area contributed by atoms with Crippen LogP contribution in [-0.2, 0) is 4.74 Å². The lowest BCUT2D eigenvalue weighted by atomic mass is 10.2. The highest BCUT2D eigenvalue weighted by Gasteiger charge is 2.16. The van der Waals surface area contributed by atoms with Gasteiger partial charge >= 0.3 is 0 Å². The van der Waals surface area contributed by atoms with E-state index in [1.165, 1.54) is 7.11 Å². The van der Waals surface area contributed by atoms with Gasteiger partial charge in [-0.2, -0.15) is 4.98 Å². The monoisotopic (exact) mass is 224 g/mol. The van der Waals surface area contributed by atoms with Crippen LogP contribution in [0.4, 0.5) is 5.69 Å². The molecule has 1 aromatic heterocycles. The van der Waals surface area contributed by atoms with E-state index < -0.39 is 0 Å². The summed E-state index contributed by atoms with van der Waals surface area (Å²) in [5, 5.41) is 0. The van der Waals surface area contributed by atoms with Crippen molar-refractivity contribution in [3.05, 3.63) is 12.1 Å². The van der Waals surface area contributed by atoms with Crippen molar-refractivity contribution in [2.75, 3.05) is 26.1 Å². The molecule has 1 atom stereocenters. The van der Waals surface area contributed by atoms with Crippen molar-refractivity contribution >= 4 is 5.69 Å². The molecule has 5 heteroatoms. The van der Waals surface area contributed by atoms with Gasteiger partial charge in [0.1, 0.15) is 6.61 Å². The van der Waals surface area contributed by atoms with Gasteiger partial charge in [-0.05, 0) is 18.9 Å². The van der Waals surface area contributed by atoms with Gasteiger partial charge in [-0.15, -0.1) is 0 Å². The molecule has 2 rings (SSSR count). The zero-order chi connectivity index (χ0) is 11.4. The molecule has 0 aromatic carbocycles. The van der Waals surface area contributed by atoms with Crippen LogP contribution in [0.3, 0.4) is 0 Å². The summed E-state index contributed by atoms with van der Waals surface area (Å²) in [5.74, 6) is 0.909. The van der Waals surface area contributed by atoms with Gasteiger partial charge in [-0.25, -0.2) is 0 Å². The minimum atomic E-state index is 0.186. The molecule has 0 aliphatic carbocycles. The number of nitrogens with zero attached hydrogens (tertiary/aromatic N) is 1. The molecule has 0 radical (unpaired) electrons. The van der Waals surface area contributed by atoms with E-state index in [0.717, 1.165) is 19.4 Å². The molecule has 1 saturated heterocycles. The Morgan fingerprint density at radius 3 is 3.12 bits per heavy atom. The fourth-order valence-corrected chi connectivity index (χ4v) is 1.63. The summed E-state index contributed by atoms with van der Waals surface area (Å²) in [7, 11) is 1.53. The van der Waals surface area contributed by atoms with E-state index in [1.807, 2.05) is 0 Å². The van der Waals surface area contributed by atoms with Gasteiger partial charge in [0.15, 0.2) is 0 Å². The fourth-order valence-electron chi connectivity index (χ4n) is 1.63. The van der Waals surface area contributed by atoms with Crippen LogP contribution in [0.5, 0.6) is 11.8 Å². The van der Waals surface area contributed by atoms with Crippen LogP contribution in [-0.4, -0.2) is 31.4 Å². The van der Waals surface area contributed by atoms with Gasteiger partial charge in [0, 0.05) is 12.7 Å². The third-order valence-electron chi connectivity index (χ3n) is 2.50. The minimum absolute atomic E-state index is 0.186. The van der Waals surface area contributed by atoms with Crippen molar-refractivity contribution in [3.63, 3.8) is 0 Å². The van der Waals surface area contributed by atoms with Gasteiger partial charge < -0.3 is 19.9 Å². The topological polar surface area (TPSA) is 66.6 Å². The summed E-state index contributed by atoms with van der Waals surface area (Å²) in [4.78, 5) is 4.13. The third kappa shape index (κ3) is 2.55. The minimum Gasteiger partial charge on any atom is -0.479 e. The Morgan fingerprint density at radius 1 is 1.56 bits per heavy atom.